The zero-order valence-electron chi connectivity index (χ0n) is 18.2. The molecule has 1 aliphatic carbocycles. The molecule has 1 N–H and O–H groups in total. The van der Waals surface area contributed by atoms with Gasteiger partial charge in [-0.25, -0.2) is 8.42 Å². The van der Waals surface area contributed by atoms with E-state index in [0.29, 0.717) is 18.0 Å². The summed E-state index contributed by atoms with van der Waals surface area (Å²) in [6.45, 7) is 2.70. The normalized spacial score (nSPS) is 24.1. The number of carbonyl (C=O) groups is 1. The van der Waals surface area contributed by atoms with E-state index in [1.807, 2.05) is 4.90 Å². The number of benzene rings is 2. The predicted molar refractivity (Wildman–Crippen MR) is 126 cm³/mol. The van der Waals surface area contributed by atoms with E-state index in [-0.39, 0.29) is 16.8 Å². The second-order valence-corrected chi connectivity index (χ2v) is 11.5. The fraction of sp³-hybridized carbons (Fsp3) is 0.542. The molecule has 3 aliphatic rings. The number of amides is 1. The lowest BCUT2D eigenvalue weighted by atomic mass is 10.0. The lowest BCUT2D eigenvalue weighted by Gasteiger charge is -2.39. The van der Waals surface area contributed by atoms with Gasteiger partial charge in [0, 0.05) is 36.7 Å². The van der Waals surface area contributed by atoms with Gasteiger partial charge in [0.25, 0.3) is 0 Å². The van der Waals surface area contributed by atoms with E-state index in [1.54, 1.807) is 36.4 Å². The van der Waals surface area contributed by atoms with Crippen LogP contribution in [0.2, 0.25) is 5.02 Å². The molecule has 6 nitrogen and oxygen atoms in total. The van der Waals surface area contributed by atoms with Crippen LogP contribution in [0.4, 0.5) is 0 Å². The van der Waals surface area contributed by atoms with Gasteiger partial charge in [0.15, 0.2) is 0 Å². The minimum Gasteiger partial charge on any atom is -0.338 e. The van der Waals surface area contributed by atoms with E-state index in [9.17, 15) is 13.2 Å². The number of halogens is 1. The Morgan fingerprint density at radius 2 is 1.53 bits per heavy atom. The second-order valence-electron chi connectivity index (χ2n) is 9.35. The molecule has 2 aromatic rings. The van der Waals surface area contributed by atoms with Crippen LogP contribution in [0.25, 0.3) is 10.8 Å². The number of sulfonamides is 1. The Kier molecular flexibility index (Phi) is 6.18. The summed E-state index contributed by atoms with van der Waals surface area (Å²) >= 11 is 6.02. The van der Waals surface area contributed by atoms with Gasteiger partial charge in [-0.1, -0.05) is 36.6 Å². The Morgan fingerprint density at radius 3 is 2.28 bits per heavy atom. The number of hydrogen-bond donors (Lipinski definition) is 1. The van der Waals surface area contributed by atoms with Gasteiger partial charge in [-0.2, -0.15) is 4.72 Å². The number of nitrogens with one attached hydrogen (secondary N) is 1. The minimum absolute atomic E-state index is 0.0829. The fourth-order valence-electron chi connectivity index (χ4n) is 5.62. The van der Waals surface area contributed by atoms with Crippen LogP contribution >= 0.6 is 11.6 Å². The van der Waals surface area contributed by atoms with Gasteiger partial charge in [-0.05, 0) is 67.1 Å². The smallest absolute Gasteiger partial charge is 0.241 e. The van der Waals surface area contributed by atoms with E-state index in [0.717, 1.165) is 42.7 Å². The molecule has 0 radical (unpaired) electrons. The van der Waals surface area contributed by atoms with Crippen molar-refractivity contribution >= 4 is 38.3 Å². The molecule has 0 spiro atoms. The zero-order chi connectivity index (χ0) is 22.3. The molecule has 1 atom stereocenters. The number of nitrogens with zero attached hydrogens (tertiary/aromatic N) is 2. The number of hydrogen-bond acceptors (Lipinski definition) is 4. The maximum Gasteiger partial charge on any atom is 0.241 e. The second kappa shape index (κ2) is 8.93. The Balaban J connectivity index is 1.22. The highest BCUT2D eigenvalue weighted by Crippen LogP contribution is 2.29. The first-order chi connectivity index (χ1) is 15.4. The van der Waals surface area contributed by atoms with Crippen molar-refractivity contribution in [2.45, 2.75) is 68.0 Å². The van der Waals surface area contributed by atoms with Crippen molar-refractivity contribution in [1.29, 1.82) is 0 Å². The highest BCUT2D eigenvalue weighted by atomic mass is 35.5. The Morgan fingerprint density at radius 1 is 0.844 bits per heavy atom. The molecule has 1 amide bonds. The molecule has 32 heavy (non-hydrogen) atoms. The molecule has 2 aliphatic heterocycles. The Hall–Kier alpha value is -1.67. The highest BCUT2D eigenvalue weighted by molar-refractivity contribution is 7.89. The standard InChI is InChI=1S/C24H30ClN3O3S/c25-19-7-5-18-16-22(8-6-17(18)15-19)32(30,31)26-23-11-14-28(24(23)29)21-9-12-27(13-10-21)20-3-1-2-4-20/h5-8,15-16,20-21,23,26H,1-4,9-14H2/t23-/m0/s1. The van der Waals surface area contributed by atoms with Gasteiger partial charge in [0.1, 0.15) is 6.04 Å². The van der Waals surface area contributed by atoms with Crippen LogP contribution in [-0.4, -0.2) is 61.9 Å². The predicted octanol–water partition coefficient (Wildman–Crippen LogP) is 3.78. The van der Waals surface area contributed by atoms with E-state index < -0.39 is 16.1 Å². The third-order valence-corrected chi connectivity index (χ3v) is 9.11. The van der Waals surface area contributed by atoms with Crippen molar-refractivity contribution in [3.63, 3.8) is 0 Å². The minimum atomic E-state index is -3.79. The summed E-state index contributed by atoms with van der Waals surface area (Å²) in [6, 6.07) is 10.5. The molecule has 172 valence electrons. The Labute approximate surface area is 194 Å². The monoisotopic (exact) mass is 475 g/mol. The van der Waals surface area contributed by atoms with E-state index in [2.05, 4.69) is 9.62 Å². The molecular weight excluding hydrogens is 446 g/mol. The van der Waals surface area contributed by atoms with Crippen LogP contribution in [0.1, 0.15) is 44.9 Å². The van der Waals surface area contributed by atoms with Crippen molar-refractivity contribution in [2.75, 3.05) is 19.6 Å². The first-order valence-electron chi connectivity index (χ1n) is 11.7. The SMILES string of the molecule is O=C1[C@@H](NS(=O)(=O)c2ccc3cc(Cl)ccc3c2)CCN1C1CCN(C2CCCC2)CC1. The molecule has 0 aromatic heterocycles. The average Bonchev–Trinajstić information content (AvgIpc) is 3.44. The van der Waals surface area contributed by atoms with E-state index in [1.165, 1.54) is 25.7 Å². The lowest BCUT2D eigenvalue weighted by Crippen LogP contribution is -2.50. The van der Waals surface area contributed by atoms with Crippen molar-refractivity contribution in [3.05, 3.63) is 41.4 Å². The molecule has 2 saturated heterocycles. The quantitative estimate of drug-likeness (QED) is 0.714. The van der Waals surface area contributed by atoms with Gasteiger partial charge in [-0.15, -0.1) is 0 Å². The summed E-state index contributed by atoms with van der Waals surface area (Å²) < 4.78 is 28.7. The number of carbonyl (C=O) groups excluding carboxylic acids is 1. The van der Waals surface area contributed by atoms with Crippen molar-refractivity contribution in [2.24, 2.45) is 0 Å². The molecule has 2 aromatic carbocycles. The van der Waals surface area contributed by atoms with Gasteiger partial charge in [0.05, 0.1) is 4.90 Å². The summed E-state index contributed by atoms with van der Waals surface area (Å²) in [4.78, 5) is 17.8. The van der Waals surface area contributed by atoms with Gasteiger partial charge in [-0.3, -0.25) is 4.79 Å². The van der Waals surface area contributed by atoms with Crippen LogP contribution in [0.3, 0.4) is 0 Å². The zero-order valence-corrected chi connectivity index (χ0v) is 19.7. The molecule has 2 heterocycles. The highest BCUT2D eigenvalue weighted by Gasteiger charge is 2.39. The maximum atomic E-state index is 13.1. The number of likely N-dealkylation sites (tertiary alicyclic amines) is 2. The maximum absolute atomic E-state index is 13.1. The molecule has 1 saturated carbocycles. The molecule has 8 heteroatoms. The lowest BCUT2D eigenvalue weighted by molar-refractivity contribution is -0.132. The topological polar surface area (TPSA) is 69.7 Å². The van der Waals surface area contributed by atoms with Crippen molar-refractivity contribution in [3.8, 4) is 0 Å². The molecule has 0 bridgehead atoms. The van der Waals surface area contributed by atoms with Crippen LogP contribution in [0, 0.1) is 0 Å². The van der Waals surface area contributed by atoms with Crippen LogP contribution in [0.5, 0.6) is 0 Å². The largest absolute Gasteiger partial charge is 0.338 e. The Bertz CT molecular complexity index is 1110. The first-order valence-corrected chi connectivity index (χ1v) is 13.5. The van der Waals surface area contributed by atoms with Crippen molar-refractivity contribution in [1.82, 2.24) is 14.5 Å². The first kappa shape index (κ1) is 22.1. The number of rotatable bonds is 5. The van der Waals surface area contributed by atoms with Gasteiger partial charge >= 0.3 is 0 Å². The summed E-state index contributed by atoms with van der Waals surface area (Å²) in [6.07, 6.45) is 7.76. The molecular formula is C24H30ClN3O3S. The fourth-order valence-corrected chi connectivity index (χ4v) is 7.06. The van der Waals surface area contributed by atoms with E-state index >= 15 is 0 Å². The third kappa shape index (κ3) is 4.40. The van der Waals surface area contributed by atoms with E-state index in [4.69, 9.17) is 11.6 Å². The van der Waals surface area contributed by atoms with Crippen molar-refractivity contribution < 1.29 is 13.2 Å². The van der Waals surface area contributed by atoms with Crippen LogP contribution in [-0.2, 0) is 14.8 Å². The summed E-state index contributed by atoms with van der Waals surface area (Å²) in [5.41, 5.74) is 0. The summed E-state index contributed by atoms with van der Waals surface area (Å²) in [5, 5.41) is 2.28. The summed E-state index contributed by atoms with van der Waals surface area (Å²) in [5.74, 6) is -0.0829. The third-order valence-electron chi connectivity index (χ3n) is 7.40. The van der Waals surface area contributed by atoms with Gasteiger partial charge < -0.3 is 9.80 Å². The molecule has 5 rings (SSSR count). The number of piperidine rings is 1. The van der Waals surface area contributed by atoms with Gasteiger partial charge in [0.2, 0.25) is 15.9 Å². The summed E-state index contributed by atoms with van der Waals surface area (Å²) in [7, 11) is -3.79. The van der Waals surface area contributed by atoms with Crippen LogP contribution < -0.4 is 4.72 Å². The average molecular weight is 476 g/mol. The van der Waals surface area contributed by atoms with Crippen LogP contribution in [0.15, 0.2) is 41.3 Å². The molecule has 0 unspecified atom stereocenters. The number of fused-ring (bicyclic) bond motifs is 1. The molecule has 3 fully saturated rings.